The summed E-state index contributed by atoms with van der Waals surface area (Å²) < 4.78 is 0. The van der Waals surface area contributed by atoms with Crippen molar-refractivity contribution in [3.05, 3.63) is 38.4 Å². The van der Waals surface area contributed by atoms with Gasteiger partial charge in [-0.1, -0.05) is 6.92 Å². The second kappa shape index (κ2) is 5.85. The van der Waals surface area contributed by atoms with Gasteiger partial charge in [-0.15, -0.1) is 0 Å². The molecule has 1 aliphatic heterocycles. The third-order valence-electron chi connectivity index (χ3n) is 3.77. The summed E-state index contributed by atoms with van der Waals surface area (Å²) >= 11 is 0. The van der Waals surface area contributed by atoms with E-state index in [2.05, 4.69) is 6.92 Å². The van der Waals surface area contributed by atoms with Crippen molar-refractivity contribution in [2.75, 3.05) is 11.4 Å². The maximum atomic E-state index is 11.2. The average molecular weight is 279 g/mol. The lowest BCUT2D eigenvalue weighted by Gasteiger charge is -2.36. The highest BCUT2D eigenvalue weighted by Crippen LogP contribution is 2.36. The molecule has 1 fully saturated rings. The van der Waals surface area contributed by atoms with Crippen LogP contribution in [0.5, 0.6) is 0 Å². The lowest BCUT2D eigenvalue weighted by Crippen LogP contribution is -2.39. The number of hydrogen-bond donors (Lipinski definition) is 0. The van der Waals surface area contributed by atoms with Gasteiger partial charge < -0.3 is 4.90 Å². The molecular weight excluding hydrogens is 262 g/mol. The number of piperidine rings is 1. The van der Waals surface area contributed by atoms with Crippen LogP contribution in [0.2, 0.25) is 0 Å². The minimum absolute atomic E-state index is 0.181. The standard InChI is InChI=1S/C13H17N3O4/c1-2-10-5-3-4-8-14(10)12-7-6-11(15(17)18)9-13(12)16(19)20/h6-7,9-10H,2-5,8H2,1H3/t10-/m1/s1. The van der Waals surface area contributed by atoms with Crippen molar-refractivity contribution in [3.8, 4) is 0 Å². The van der Waals surface area contributed by atoms with Gasteiger partial charge in [0.25, 0.3) is 11.4 Å². The zero-order chi connectivity index (χ0) is 14.7. The SMILES string of the molecule is CC[C@@H]1CCCCN1c1ccc([N+](=O)[O-])cc1[N+](=O)[O-]. The van der Waals surface area contributed by atoms with Crippen LogP contribution in [-0.4, -0.2) is 22.4 Å². The number of nitro groups is 2. The number of benzene rings is 1. The van der Waals surface area contributed by atoms with Crippen molar-refractivity contribution in [1.82, 2.24) is 0 Å². The quantitative estimate of drug-likeness (QED) is 0.623. The minimum atomic E-state index is -0.607. The first-order valence-corrected chi connectivity index (χ1v) is 6.74. The summed E-state index contributed by atoms with van der Waals surface area (Å²) in [5.74, 6) is 0. The first-order chi connectivity index (χ1) is 9.54. The first kappa shape index (κ1) is 14.2. The first-order valence-electron chi connectivity index (χ1n) is 6.74. The molecule has 1 heterocycles. The van der Waals surface area contributed by atoms with Crippen LogP contribution in [0.1, 0.15) is 32.6 Å². The third kappa shape index (κ3) is 2.71. The zero-order valence-electron chi connectivity index (χ0n) is 11.3. The Morgan fingerprint density at radius 3 is 2.60 bits per heavy atom. The molecule has 1 atom stereocenters. The zero-order valence-corrected chi connectivity index (χ0v) is 11.3. The van der Waals surface area contributed by atoms with E-state index >= 15 is 0 Å². The summed E-state index contributed by atoms with van der Waals surface area (Å²) in [6, 6.07) is 4.16. The van der Waals surface area contributed by atoms with Crippen molar-refractivity contribution < 1.29 is 9.85 Å². The molecule has 1 aliphatic rings. The van der Waals surface area contributed by atoms with Crippen LogP contribution in [0.25, 0.3) is 0 Å². The highest BCUT2D eigenvalue weighted by molar-refractivity contribution is 5.67. The fourth-order valence-corrected chi connectivity index (χ4v) is 2.76. The van der Waals surface area contributed by atoms with Crippen molar-refractivity contribution >= 4 is 17.1 Å². The van der Waals surface area contributed by atoms with Gasteiger partial charge >= 0.3 is 0 Å². The van der Waals surface area contributed by atoms with E-state index in [1.54, 1.807) is 0 Å². The van der Waals surface area contributed by atoms with E-state index in [0.717, 1.165) is 38.3 Å². The third-order valence-corrected chi connectivity index (χ3v) is 3.77. The molecule has 0 amide bonds. The Hall–Kier alpha value is -2.18. The molecule has 0 N–H and O–H groups in total. The molecule has 1 aromatic carbocycles. The van der Waals surface area contributed by atoms with Crippen LogP contribution in [0, 0.1) is 20.2 Å². The van der Waals surface area contributed by atoms with Crippen molar-refractivity contribution in [2.45, 2.75) is 38.6 Å². The van der Waals surface area contributed by atoms with Crippen LogP contribution in [0.3, 0.4) is 0 Å². The molecule has 0 aliphatic carbocycles. The number of nitro benzene ring substituents is 2. The number of hydrogen-bond acceptors (Lipinski definition) is 5. The maximum absolute atomic E-state index is 11.2. The fourth-order valence-electron chi connectivity index (χ4n) is 2.76. The fraction of sp³-hybridized carbons (Fsp3) is 0.538. The van der Waals surface area contributed by atoms with Gasteiger partial charge in [0.05, 0.1) is 15.9 Å². The Balaban J connectivity index is 2.44. The summed E-state index contributed by atoms with van der Waals surface area (Å²) in [5.41, 5.74) is 0.0669. The van der Waals surface area contributed by atoms with Gasteiger partial charge in [-0.2, -0.15) is 0 Å². The average Bonchev–Trinajstić information content (AvgIpc) is 2.46. The van der Waals surface area contributed by atoms with Crippen LogP contribution in [0.4, 0.5) is 17.1 Å². The van der Waals surface area contributed by atoms with Crippen LogP contribution in [0.15, 0.2) is 18.2 Å². The molecule has 0 unspecified atom stereocenters. The Bertz CT molecular complexity index is 532. The molecule has 0 saturated carbocycles. The molecule has 1 saturated heterocycles. The Morgan fingerprint density at radius 2 is 2.00 bits per heavy atom. The molecule has 0 aromatic heterocycles. The predicted molar refractivity (Wildman–Crippen MR) is 75.0 cm³/mol. The molecule has 1 aromatic rings. The van der Waals surface area contributed by atoms with Gasteiger partial charge in [0.1, 0.15) is 5.69 Å². The van der Waals surface area contributed by atoms with Gasteiger partial charge in [0, 0.05) is 18.7 Å². The Morgan fingerprint density at radius 1 is 1.25 bits per heavy atom. The molecular formula is C13H17N3O4. The van der Waals surface area contributed by atoms with Crippen LogP contribution < -0.4 is 4.90 Å². The Labute approximate surface area is 116 Å². The highest BCUT2D eigenvalue weighted by Gasteiger charge is 2.28. The van der Waals surface area contributed by atoms with Crippen LogP contribution >= 0.6 is 0 Å². The Kier molecular flexibility index (Phi) is 4.16. The van der Waals surface area contributed by atoms with Gasteiger partial charge in [-0.25, -0.2) is 0 Å². The van der Waals surface area contributed by atoms with Crippen molar-refractivity contribution in [2.24, 2.45) is 0 Å². The van der Waals surface area contributed by atoms with Crippen LogP contribution in [-0.2, 0) is 0 Å². The monoisotopic (exact) mass is 279 g/mol. The molecule has 7 nitrogen and oxygen atoms in total. The number of non-ortho nitro benzene ring substituents is 1. The van der Waals surface area contributed by atoms with E-state index in [4.69, 9.17) is 0 Å². The number of rotatable bonds is 4. The lowest BCUT2D eigenvalue weighted by molar-refractivity contribution is -0.393. The number of nitrogens with zero attached hydrogens (tertiary/aromatic N) is 3. The lowest BCUT2D eigenvalue weighted by atomic mass is 9.99. The summed E-state index contributed by atoms with van der Waals surface area (Å²) in [5, 5.41) is 21.9. The molecule has 2 rings (SSSR count). The second-order valence-electron chi connectivity index (χ2n) is 4.94. The molecule has 7 heteroatoms. The molecule has 0 spiro atoms. The normalized spacial score (nSPS) is 18.9. The summed E-state index contributed by atoms with van der Waals surface area (Å²) in [7, 11) is 0. The van der Waals surface area contributed by atoms with Crippen molar-refractivity contribution in [3.63, 3.8) is 0 Å². The van der Waals surface area contributed by atoms with Gasteiger partial charge in [-0.05, 0) is 31.7 Å². The largest absolute Gasteiger partial charge is 0.363 e. The summed E-state index contributed by atoms with van der Waals surface area (Å²) in [4.78, 5) is 22.8. The minimum Gasteiger partial charge on any atom is -0.363 e. The van der Waals surface area contributed by atoms with Gasteiger partial charge in [-0.3, -0.25) is 20.2 Å². The number of anilines is 1. The summed E-state index contributed by atoms with van der Waals surface area (Å²) in [6.45, 7) is 2.82. The maximum Gasteiger partial charge on any atom is 0.299 e. The van der Waals surface area contributed by atoms with E-state index in [1.807, 2.05) is 4.90 Å². The van der Waals surface area contributed by atoms with E-state index in [1.165, 1.54) is 12.1 Å². The van der Waals surface area contributed by atoms with E-state index in [-0.39, 0.29) is 17.4 Å². The smallest absolute Gasteiger partial charge is 0.299 e. The summed E-state index contributed by atoms with van der Waals surface area (Å²) in [6.07, 6.45) is 4.03. The predicted octanol–water partition coefficient (Wildman–Crippen LogP) is 3.27. The molecule has 108 valence electrons. The van der Waals surface area contributed by atoms with E-state index in [9.17, 15) is 20.2 Å². The molecule has 0 radical (unpaired) electrons. The molecule has 0 bridgehead atoms. The second-order valence-corrected chi connectivity index (χ2v) is 4.94. The highest BCUT2D eigenvalue weighted by atomic mass is 16.6. The molecule has 20 heavy (non-hydrogen) atoms. The van der Waals surface area contributed by atoms with E-state index < -0.39 is 9.85 Å². The topological polar surface area (TPSA) is 89.5 Å². The van der Waals surface area contributed by atoms with Crippen molar-refractivity contribution in [1.29, 1.82) is 0 Å². The van der Waals surface area contributed by atoms with Gasteiger partial charge in [0.2, 0.25) is 0 Å². The van der Waals surface area contributed by atoms with E-state index in [0.29, 0.717) is 5.69 Å². The van der Waals surface area contributed by atoms with Gasteiger partial charge in [0.15, 0.2) is 0 Å².